The van der Waals surface area contributed by atoms with E-state index in [-0.39, 0.29) is 24.4 Å². The Hall–Kier alpha value is -3.55. The molecule has 1 N–H and O–H groups in total. The largest absolute Gasteiger partial charge is 0.490 e. The lowest BCUT2D eigenvalue weighted by Gasteiger charge is -2.28. The molecule has 0 aliphatic carbocycles. The lowest BCUT2D eigenvalue weighted by atomic mass is 9.87. The number of fused-ring (bicyclic) bond motifs is 1. The molecule has 8 nitrogen and oxygen atoms in total. The highest BCUT2D eigenvalue weighted by Gasteiger charge is 2.52. The second-order valence-electron chi connectivity index (χ2n) is 8.95. The summed E-state index contributed by atoms with van der Waals surface area (Å²) in [7, 11) is 0. The Kier molecular flexibility index (Phi) is 5.89. The predicted octanol–water partition coefficient (Wildman–Crippen LogP) is 3.37. The summed E-state index contributed by atoms with van der Waals surface area (Å²) in [6.07, 6.45) is 2.89. The number of nitrogens with zero attached hydrogens (tertiary/aromatic N) is 2. The number of likely N-dealkylation sites (tertiary alicyclic amines) is 1. The fourth-order valence-electron chi connectivity index (χ4n) is 5.16. The molecule has 3 aliphatic heterocycles. The summed E-state index contributed by atoms with van der Waals surface area (Å²) in [5.41, 5.74) is 0.550. The van der Waals surface area contributed by atoms with Crippen LogP contribution < -0.4 is 14.8 Å². The van der Waals surface area contributed by atoms with E-state index in [1.807, 2.05) is 55.5 Å². The van der Waals surface area contributed by atoms with Crippen LogP contribution in [-0.2, 0) is 15.1 Å². The number of carbonyl (C=O) groups excluding carboxylic acids is 3. The third-order valence-corrected chi connectivity index (χ3v) is 7.00. The molecule has 0 radical (unpaired) electrons. The first-order valence-corrected chi connectivity index (χ1v) is 11.9. The monoisotopic (exact) mass is 463 g/mol. The number of carbonyl (C=O) groups is 3. The van der Waals surface area contributed by atoms with Crippen LogP contribution in [0.1, 0.15) is 49.8 Å². The van der Waals surface area contributed by atoms with Crippen molar-refractivity contribution < 1.29 is 23.9 Å². The molecule has 5 rings (SSSR count). The average Bonchev–Trinajstić information content (AvgIpc) is 3.35. The molecule has 2 atom stereocenters. The van der Waals surface area contributed by atoms with Crippen LogP contribution in [0.4, 0.5) is 4.79 Å². The molecule has 2 aromatic carbocycles. The van der Waals surface area contributed by atoms with Crippen molar-refractivity contribution in [2.45, 2.75) is 44.2 Å². The first kappa shape index (κ1) is 22.3. The molecule has 2 saturated heterocycles. The molecule has 3 aliphatic rings. The number of imide groups is 1. The highest BCUT2D eigenvalue weighted by atomic mass is 16.5. The first-order chi connectivity index (χ1) is 16.5. The van der Waals surface area contributed by atoms with Crippen LogP contribution in [0.25, 0.3) is 0 Å². The van der Waals surface area contributed by atoms with Gasteiger partial charge in [-0.15, -0.1) is 0 Å². The van der Waals surface area contributed by atoms with E-state index in [2.05, 4.69) is 5.32 Å². The third kappa shape index (κ3) is 3.77. The summed E-state index contributed by atoms with van der Waals surface area (Å²) in [4.78, 5) is 42.4. The minimum atomic E-state index is -1.14. The number of urea groups is 1. The Bertz CT molecular complexity index is 1100. The summed E-state index contributed by atoms with van der Waals surface area (Å²) >= 11 is 0. The topological polar surface area (TPSA) is 88.2 Å². The Labute approximate surface area is 198 Å². The average molecular weight is 464 g/mol. The quantitative estimate of drug-likeness (QED) is 0.687. The second-order valence-corrected chi connectivity index (χ2v) is 8.95. The van der Waals surface area contributed by atoms with Crippen LogP contribution in [0.5, 0.6) is 11.5 Å². The molecular weight excluding hydrogens is 434 g/mol. The van der Waals surface area contributed by atoms with Gasteiger partial charge in [-0.3, -0.25) is 14.5 Å². The highest BCUT2D eigenvalue weighted by Crippen LogP contribution is 2.38. The van der Waals surface area contributed by atoms with Gasteiger partial charge < -0.3 is 19.7 Å². The van der Waals surface area contributed by atoms with Gasteiger partial charge in [0.2, 0.25) is 5.91 Å². The van der Waals surface area contributed by atoms with Crippen LogP contribution in [0.15, 0.2) is 48.5 Å². The third-order valence-electron chi connectivity index (χ3n) is 7.00. The molecule has 3 heterocycles. The summed E-state index contributed by atoms with van der Waals surface area (Å²) in [6, 6.07) is 14.3. The van der Waals surface area contributed by atoms with E-state index in [1.165, 1.54) is 0 Å². The van der Waals surface area contributed by atoms with Gasteiger partial charge in [0.1, 0.15) is 12.1 Å². The maximum atomic E-state index is 13.4. The zero-order chi connectivity index (χ0) is 23.7. The van der Waals surface area contributed by atoms with Gasteiger partial charge >= 0.3 is 6.03 Å². The van der Waals surface area contributed by atoms with Gasteiger partial charge in [-0.25, -0.2) is 4.79 Å². The minimum absolute atomic E-state index is 0.129. The van der Waals surface area contributed by atoms with E-state index >= 15 is 0 Å². The number of benzene rings is 2. The molecule has 4 amide bonds. The molecule has 8 heteroatoms. The van der Waals surface area contributed by atoms with Gasteiger partial charge in [0.25, 0.3) is 5.91 Å². The number of amides is 4. The van der Waals surface area contributed by atoms with Crippen molar-refractivity contribution in [3.63, 3.8) is 0 Å². The zero-order valence-corrected chi connectivity index (χ0v) is 19.3. The Morgan fingerprint density at radius 1 is 1.06 bits per heavy atom. The number of hydrogen-bond acceptors (Lipinski definition) is 5. The predicted molar refractivity (Wildman–Crippen MR) is 124 cm³/mol. The molecule has 34 heavy (non-hydrogen) atoms. The van der Waals surface area contributed by atoms with Crippen LogP contribution in [0, 0.1) is 0 Å². The van der Waals surface area contributed by atoms with Crippen LogP contribution >= 0.6 is 0 Å². The molecule has 0 unspecified atom stereocenters. The van der Waals surface area contributed by atoms with Gasteiger partial charge in [0, 0.05) is 13.0 Å². The smallest absolute Gasteiger partial charge is 0.325 e. The second kappa shape index (κ2) is 9.00. The molecule has 2 aromatic rings. The number of nitrogens with one attached hydrogen (secondary N) is 1. The summed E-state index contributed by atoms with van der Waals surface area (Å²) in [6.45, 7) is 3.38. The van der Waals surface area contributed by atoms with Crippen molar-refractivity contribution in [1.29, 1.82) is 0 Å². The van der Waals surface area contributed by atoms with Gasteiger partial charge in [-0.05, 0) is 42.5 Å². The summed E-state index contributed by atoms with van der Waals surface area (Å²) in [5, 5.41) is 2.85. The summed E-state index contributed by atoms with van der Waals surface area (Å²) in [5.74, 6) is 0.788. The number of ether oxygens (including phenoxy) is 2. The van der Waals surface area contributed by atoms with Crippen LogP contribution in [0.3, 0.4) is 0 Å². The normalized spacial score (nSPS) is 24.2. The van der Waals surface area contributed by atoms with Crippen molar-refractivity contribution in [2.24, 2.45) is 0 Å². The van der Waals surface area contributed by atoms with Crippen molar-refractivity contribution in [1.82, 2.24) is 15.1 Å². The van der Waals surface area contributed by atoms with Crippen molar-refractivity contribution in [2.75, 3.05) is 26.3 Å². The number of rotatable bonds is 5. The van der Waals surface area contributed by atoms with E-state index in [0.29, 0.717) is 37.7 Å². The lowest BCUT2D eigenvalue weighted by Crippen LogP contribution is -2.45. The van der Waals surface area contributed by atoms with Crippen molar-refractivity contribution in [3.8, 4) is 11.5 Å². The molecule has 0 spiro atoms. The van der Waals surface area contributed by atoms with E-state index < -0.39 is 11.6 Å². The van der Waals surface area contributed by atoms with Crippen molar-refractivity contribution >= 4 is 17.8 Å². The molecule has 0 saturated carbocycles. The highest BCUT2D eigenvalue weighted by molar-refractivity contribution is 6.09. The zero-order valence-electron chi connectivity index (χ0n) is 19.3. The van der Waals surface area contributed by atoms with Gasteiger partial charge in [-0.2, -0.15) is 0 Å². The standard InChI is InChI=1S/C26H29N3O5/c1-2-26(19-8-4-3-5-9-19)24(31)29(25(32)27-26)17-23(30)28-13-6-10-20(28)18-11-12-21-22(16-18)34-15-7-14-33-21/h3-5,8-9,11-12,16,20H,2,6-7,10,13-15,17H2,1H3,(H,27,32)/t20-,26-/m0/s1. The molecular formula is C26H29N3O5. The van der Waals surface area contributed by atoms with E-state index in [0.717, 1.165) is 35.3 Å². The molecule has 178 valence electrons. The first-order valence-electron chi connectivity index (χ1n) is 11.9. The Morgan fingerprint density at radius 2 is 1.82 bits per heavy atom. The maximum absolute atomic E-state index is 13.4. The van der Waals surface area contributed by atoms with E-state index in [9.17, 15) is 14.4 Å². The van der Waals surface area contributed by atoms with E-state index in [1.54, 1.807) is 4.90 Å². The molecule has 0 bridgehead atoms. The van der Waals surface area contributed by atoms with Crippen LogP contribution in [-0.4, -0.2) is 53.9 Å². The number of hydrogen-bond donors (Lipinski definition) is 1. The Balaban J connectivity index is 1.34. The summed E-state index contributed by atoms with van der Waals surface area (Å²) < 4.78 is 11.5. The SMILES string of the molecule is CC[C@@]1(c2ccccc2)NC(=O)N(CC(=O)N2CCC[C@H]2c2ccc3c(c2)OCCCO3)C1=O. The minimum Gasteiger partial charge on any atom is -0.490 e. The van der Waals surface area contributed by atoms with Gasteiger partial charge in [-0.1, -0.05) is 43.3 Å². The van der Waals surface area contributed by atoms with E-state index in [4.69, 9.17) is 9.47 Å². The van der Waals surface area contributed by atoms with Gasteiger partial charge in [0.05, 0.1) is 19.3 Å². The van der Waals surface area contributed by atoms with Crippen LogP contribution in [0.2, 0.25) is 0 Å². The molecule has 2 fully saturated rings. The van der Waals surface area contributed by atoms with Crippen molar-refractivity contribution in [3.05, 3.63) is 59.7 Å². The molecule has 0 aromatic heterocycles. The lowest BCUT2D eigenvalue weighted by molar-refractivity contribution is -0.139. The fraction of sp³-hybridized carbons (Fsp3) is 0.423. The fourth-order valence-corrected chi connectivity index (χ4v) is 5.16. The Morgan fingerprint density at radius 3 is 2.59 bits per heavy atom. The maximum Gasteiger partial charge on any atom is 0.325 e. The van der Waals surface area contributed by atoms with Gasteiger partial charge in [0.15, 0.2) is 11.5 Å².